The maximum absolute atomic E-state index is 12.0. The fourth-order valence-corrected chi connectivity index (χ4v) is 2.12. The van der Waals surface area contributed by atoms with E-state index >= 15 is 0 Å². The third kappa shape index (κ3) is 3.42. The minimum absolute atomic E-state index is 0.349. The van der Waals surface area contributed by atoms with E-state index in [0.29, 0.717) is 16.4 Å². The Bertz CT molecular complexity index is 788. The van der Waals surface area contributed by atoms with E-state index in [1.807, 2.05) is 12.1 Å². The first-order chi connectivity index (χ1) is 10.7. The Balaban J connectivity index is 1.70. The zero-order valence-corrected chi connectivity index (χ0v) is 12.2. The molecule has 6 nitrogen and oxygen atoms in total. The van der Waals surface area contributed by atoms with Gasteiger partial charge < -0.3 is 10.6 Å². The topological polar surface area (TPSA) is 71.8 Å². The normalized spacial score (nSPS) is 10.2. The molecule has 0 aliphatic heterocycles. The number of carbonyl (C=O) groups is 1. The molecule has 3 aromatic rings. The van der Waals surface area contributed by atoms with Crippen LogP contribution < -0.4 is 10.6 Å². The Hall–Kier alpha value is -2.86. The van der Waals surface area contributed by atoms with E-state index < -0.39 is 0 Å². The van der Waals surface area contributed by atoms with E-state index in [1.165, 1.54) is 0 Å². The Labute approximate surface area is 131 Å². The maximum Gasteiger partial charge on any atom is 0.323 e. The molecule has 0 saturated carbocycles. The summed E-state index contributed by atoms with van der Waals surface area (Å²) < 4.78 is 1.61. The van der Waals surface area contributed by atoms with Gasteiger partial charge >= 0.3 is 6.03 Å². The van der Waals surface area contributed by atoms with E-state index in [0.717, 1.165) is 5.69 Å². The summed E-state index contributed by atoms with van der Waals surface area (Å²) in [7, 11) is 0. The van der Waals surface area contributed by atoms with Crippen LogP contribution in [0.3, 0.4) is 0 Å². The van der Waals surface area contributed by atoms with Gasteiger partial charge in [0.15, 0.2) is 0 Å². The summed E-state index contributed by atoms with van der Waals surface area (Å²) in [6.07, 6.45) is 3.32. The highest BCUT2D eigenvalue weighted by atomic mass is 35.5. The number of nitrogens with zero attached hydrogens (tertiary/aromatic N) is 3. The highest BCUT2D eigenvalue weighted by molar-refractivity contribution is 6.30. The number of aromatic nitrogens is 3. The molecule has 0 atom stereocenters. The monoisotopic (exact) mass is 313 g/mol. The lowest BCUT2D eigenvalue weighted by atomic mass is 10.3. The van der Waals surface area contributed by atoms with Gasteiger partial charge in [-0.1, -0.05) is 28.9 Å². The molecular formula is C15H12ClN5O. The molecule has 2 amide bonds. The molecule has 2 aromatic carbocycles. The van der Waals surface area contributed by atoms with Crippen molar-refractivity contribution in [3.63, 3.8) is 0 Å². The average Bonchev–Trinajstić information content (AvgIpc) is 3.01. The van der Waals surface area contributed by atoms with Gasteiger partial charge in [-0.2, -0.15) is 0 Å². The van der Waals surface area contributed by atoms with Crippen LogP contribution in [0.5, 0.6) is 0 Å². The van der Waals surface area contributed by atoms with Crippen molar-refractivity contribution in [3.05, 3.63) is 65.9 Å². The van der Waals surface area contributed by atoms with Gasteiger partial charge in [-0.3, -0.25) is 0 Å². The molecule has 22 heavy (non-hydrogen) atoms. The number of halogens is 1. The second-order valence-corrected chi connectivity index (χ2v) is 4.92. The summed E-state index contributed by atoms with van der Waals surface area (Å²) in [5, 5.41) is 13.7. The minimum atomic E-state index is -0.349. The number of hydrogen-bond donors (Lipinski definition) is 2. The Kier molecular flexibility index (Phi) is 4.02. The van der Waals surface area contributed by atoms with Crippen molar-refractivity contribution in [2.24, 2.45) is 0 Å². The summed E-state index contributed by atoms with van der Waals surface area (Å²) in [6, 6.07) is 13.9. The number of amides is 2. The number of rotatable bonds is 3. The molecule has 0 radical (unpaired) electrons. The van der Waals surface area contributed by atoms with Crippen molar-refractivity contribution in [3.8, 4) is 5.69 Å². The fraction of sp³-hybridized carbons (Fsp3) is 0. The quantitative estimate of drug-likeness (QED) is 0.776. The molecule has 0 saturated heterocycles. The van der Waals surface area contributed by atoms with Crippen molar-refractivity contribution in [1.82, 2.24) is 15.0 Å². The van der Waals surface area contributed by atoms with Gasteiger partial charge in [0.05, 0.1) is 18.1 Å². The number of urea groups is 1. The minimum Gasteiger partial charge on any atom is -0.308 e. The predicted octanol–water partition coefficient (Wildman–Crippen LogP) is 3.56. The molecule has 1 aromatic heterocycles. The van der Waals surface area contributed by atoms with Crippen molar-refractivity contribution in [2.75, 3.05) is 10.6 Å². The zero-order valence-electron chi connectivity index (χ0n) is 11.4. The lowest BCUT2D eigenvalue weighted by molar-refractivity contribution is 0.262. The van der Waals surface area contributed by atoms with Gasteiger partial charge in [0.1, 0.15) is 0 Å². The number of nitrogens with one attached hydrogen (secondary N) is 2. The lowest BCUT2D eigenvalue weighted by Gasteiger charge is -2.09. The highest BCUT2D eigenvalue weighted by Crippen LogP contribution is 2.16. The van der Waals surface area contributed by atoms with E-state index in [9.17, 15) is 4.79 Å². The number of benzene rings is 2. The summed E-state index contributed by atoms with van der Waals surface area (Å²) in [6.45, 7) is 0. The predicted molar refractivity (Wildman–Crippen MR) is 85.5 cm³/mol. The molecule has 7 heteroatoms. The van der Waals surface area contributed by atoms with Crippen molar-refractivity contribution < 1.29 is 4.79 Å². The molecule has 0 aliphatic carbocycles. The first-order valence-electron chi connectivity index (χ1n) is 6.51. The standard InChI is InChI=1S/C15H12ClN5O/c16-11-3-1-4-12(9-11)18-15(22)19-13-5-2-6-14(10-13)21-8-7-17-20-21/h1-10H,(H2,18,19,22). The largest absolute Gasteiger partial charge is 0.323 e. The van der Waals surface area contributed by atoms with Crippen LogP contribution in [0.1, 0.15) is 0 Å². The summed E-state index contributed by atoms with van der Waals surface area (Å²) in [5.74, 6) is 0. The first-order valence-corrected chi connectivity index (χ1v) is 6.89. The Morgan fingerprint density at radius 2 is 1.77 bits per heavy atom. The molecular weight excluding hydrogens is 302 g/mol. The molecule has 0 bridgehead atoms. The van der Waals surface area contributed by atoms with E-state index in [1.54, 1.807) is 53.5 Å². The summed E-state index contributed by atoms with van der Waals surface area (Å²) in [4.78, 5) is 12.0. The van der Waals surface area contributed by atoms with Crippen LogP contribution in [0, 0.1) is 0 Å². The molecule has 3 rings (SSSR count). The van der Waals surface area contributed by atoms with Gasteiger partial charge in [-0.15, -0.1) is 5.10 Å². The number of carbonyl (C=O) groups excluding carboxylic acids is 1. The number of anilines is 2. The summed E-state index contributed by atoms with van der Waals surface area (Å²) in [5.41, 5.74) is 2.07. The third-order valence-corrected chi connectivity index (χ3v) is 3.11. The molecule has 0 aliphatic rings. The van der Waals surface area contributed by atoms with Crippen LogP contribution in [-0.4, -0.2) is 21.0 Å². The van der Waals surface area contributed by atoms with E-state index in [-0.39, 0.29) is 6.03 Å². The molecule has 0 fully saturated rings. The second-order valence-electron chi connectivity index (χ2n) is 4.49. The van der Waals surface area contributed by atoms with Gasteiger partial charge in [0.25, 0.3) is 0 Å². The van der Waals surface area contributed by atoms with E-state index in [4.69, 9.17) is 11.6 Å². The SMILES string of the molecule is O=C(Nc1cccc(Cl)c1)Nc1cccc(-n2ccnn2)c1. The average molecular weight is 314 g/mol. The van der Waals surface area contributed by atoms with Crippen LogP contribution in [0.4, 0.5) is 16.2 Å². The molecule has 0 spiro atoms. The van der Waals surface area contributed by atoms with E-state index in [2.05, 4.69) is 20.9 Å². The van der Waals surface area contributed by atoms with Crippen LogP contribution in [-0.2, 0) is 0 Å². The zero-order chi connectivity index (χ0) is 15.4. The smallest absolute Gasteiger partial charge is 0.308 e. The molecule has 1 heterocycles. The molecule has 2 N–H and O–H groups in total. The third-order valence-electron chi connectivity index (χ3n) is 2.87. The van der Waals surface area contributed by atoms with Crippen LogP contribution in [0.2, 0.25) is 5.02 Å². The van der Waals surface area contributed by atoms with Crippen molar-refractivity contribution in [2.45, 2.75) is 0 Å². The molecule has 0 unspecified atom stereocenters. The second kappa shape index (κ2) is 6.28. The highest BCUT2D eigenvalue weighted by Gasteiger charge is 2.04. The van der Waals surface area contributed by atoms with Crippen molar-refractivity contribution in [1.29, 1.82) is 0 Å². The van der Waals surface area contributed by atoms with Gasteiger partial charge in [0.2, 0.25) is 0 Å². The van der Waals surface area contributed by atoms with Gasteiger partial charge in [0, 0.05) is 16.4 Å². The summed E-state index contributed by atoms with van der Waals surface area (Å²) >= 11 is 5.88. The number of hydrogen-bond acceptors (Lipinski definition) is 3. The lowest BCUT2D eigenvalue weighted by Crippen LogP contribution is -2.19. The fourth-order valence-electron chi connectivity index (χ4n) is 1.93. The molecule has 110 valence electrons. The Morgan fingerprint density at radius 3 is 2.45 bits per heavy atom. The van der Waals surface area contributed by atoms with Crippen LogP contribution >= 0.6 is 11.6 Å². The van der Waals surface area contributed by atoms with Gasteiger partial charge in [-0.25, -0.2) is 9.48 Å². The van der Waals surface area contributed by atoms with Gasteiger partial charge in [-0.05, 0) is 36.4 Å². The van der Waals surface area contributed by atoms with Crippen LogP contribution in [0.25, 0.3) is 5.69 Å². The van der Waals surface area contributed by atoms with Crippen LogP contribution in [0.15, 0.2) is 60.9 Å². The maximum atomic E-state index is 12.0. The first kappa shape index (κ1) is 14.1. The Morgan fingerprint density at radius 1 is 1.05 bits per heavy atom. The van der Waals surface area contributed by atoms with Crippen molar-refractivity contribution >= 4 is 29.0 Å².